The Kier molecular flexibility index (Phi) is 7.20. The van der Waals surface area contributed by atoms with Gasteiger partial charge in [0, 0.05) is 37.9 Å². The van der Waals surface area contributed by atoms with Crippen molar-refractivity contribution in [2.45, 2.75) is 12.8 Å². The molecule has 1 fully saturated rings. The summed E-state index contributed by atoms with van der Waals surface area (Å²) >= 11 is 0. The molecule has 30 heavy (non-hydrogen) atoms. The number of carbonyl (C=O) groups is 2. The van der Waals surface area contributed by atoms with Crippen LogP contribution >= 0.6 is 0 Å². The van der Waals surface area contributed by atoms with Crippen molar-refractivity contribution >= 4 is 29.0 Å². The van der Waals surface area contributed by atoms with Gasteiger partial charge in [0.2, 0.25) is 5.91 Å². The Morgan fingerprint density at radius 2 is 1.80 bits per heavy atom. The van der Waals surface area contributed by atoms with Crippen molar-refractivity contribution in [2.24, 2.45) is 5.92 Å². The van der Waals surface area contributed by atoms with Crippen LogP contribution in [0.25, 0.3) is 0 Å². The Morgan fingerprint density at radius 3 is 2.57 bits per heavy atom. The SMILES string of the molecule is O=C(NCCNc1ccccc1[N+](=O)[O-])C1CCCN(C(=O)Nc2ccccc2)C1. The van der Waals surface area contributed by atoms with Gasteiger partial charge in [-0.05, 0) is 31.0 Å². The maximum absolute atomic E-state index is 12.5. The number of nitro benzene ring substituents is 1. The van der Waals surface area contributed by atoms with E-state index in [0.717, 1.165) is 18.5 Å². The van der Waals surface area contributed by atoms with Crippen LogP contribution < -0.4 is 16.0 Å². The number of anilines is 2. The predicted molar refractivity (Wildman–Crippen MR) is 114 cm³/mol. The highest BCUT2D eigenvalue weighted by atomic mass is 16.6. The number of amides is 3. The minimum atomic E-state index is -0.446. The third-order valence-corrected chi connectivity index (χ3v) is 4.94. The molecule has 0 aliphatic carbocycles. The first-order chi connectivity index (χ1) is 14.5. The number of hydrogen-bond donors (Lipinski definition) is 3. The first-order valence-corrected chi connectivity index (χ1v) is 9.90. The van der Waals surface area contributed by atoms with E-state index in [0.29, 0.717) is 31.9 Å². The molecule has 158 valence electrons. The number of rotatable bonds is 7. The van der Waals surface area contributed by atoms with E-state index in [2.05, 4.69) is 16.0 Å². The molecule has 2 aromatic rings. The third kappa shape index (κ3) is 5.69. The molecule has 2 aromatic carbocycles. The summed E-state index contributed by atoms with van der Waals surface area (Å²) in [5.74, 6) is -0.386. The summed E-state index contributed by atoms with van der Waals surface area (Å²) in [6.45, 7) is 1.67. The Balaban J connectivity index is 1.44. The van der Waals surface area contributed by atoms with Crippen molar-refractivity contribution < 1.29 is 14.5 Å². The van der Waals surface area contributed by atoms with Crippen molar-refractivity contribution in [1.82, 2.24) is 10.2 Å². The van der Waals surface area contributed by atoms with Crippen molar-refractivity contribution in [3.8, 4) is 0 Å². The second-order valence-corrected chi connectivity index (χ2v) is 7.07. The smallest absolute Gasteiger partial charge is 0.321 e. The molecular weight excluding hydrogens is 386 g/mol. The molecule has 1 aliphatic heterocycles. The Hall–Kier alpha value is -3.62. The summed E-state index contributed by atoms with van der Waals surface area (Å²) in [6, 6.07) is 15.4. The summed E-state index contributed by atoms with van der Waals surface area (Å²) in [6.07, 6.45) is 1.48. The van der Waals surface area contributed by atoms with Crippen LogP contribution in [0.1, 0.15) is 12.8 Å². The lowest BCUT2D eigenvalue weighted by Crippen LogP contribution is -2.47. The number of nitro groups is 1. The van der Waals surface area contributed by atoms with E-state index in [1.165, 1.54) is 6.07 Å². The topological polar surface area (TPSA) is 117 Å². The molecule has 0 aromatic heterocycles. The first-order valence-electron chi connectivity index (χ1n) is 9.90. The summed E-state index contributed by atoms with van der Waals surface area (Å²) < 4.78 is 0. The lowest BCUT2D eigenvalue weighted by atomic mass is 9.97. The largest absolute Gasteiger partial charge is 0.378 e. The average molecular weight is 411 g/mol. The number of hydrogen-bond acceptors (Lipinski definition) is 5. The normalized spacial score (nSPS) is 15.9. The van der Waals surface area contributed by atoms with E-state index in [1.807, 2.05) is 30.3 Å². The number of piperidine rings is 1. The first kappa shape index (κ1) is 21.1. The number of carbonyl (C=O) groups excluding carboxylic acids is 2. The molecule has 9 nitrogen and oxygen atoms in total. The molecule has 1 saturated heterocycles. The maximum Gasteiger partial charge on any atom is 0.321 e. The van der Waals surface area contributed by atoms with Gasteiger partial charge >= 0.3 is 6.03 Å². The lowest BCUT2D eigenvalue weighted by molar-refractivity contribution is -0.384. The molecule has 1 aliphatic rings. The zero-order chi connectivity index (χ0) is 21.3. The molecule has 0 saturated carbocycles. The maximum atomic E-state index is 12.5. The number of nitrogens with one attached hydrogen (secondary N) is 3. The van der Waals surface area contributed by atoms with Gasteiger partial charge in [-0.3, -0.25) is 14.9 Å². The minimum Gasteiger partial charge on any atom is -0.378 e. The van der Waals surface area contributed by atoms with Gasteiger partial charge < -0.3 is 20.9 Å². The van der Waals surface area contributed by atoms with E-state index < -0.39 is 4.92 Å². The minimum absolute atomic E-state index is 0.00354. The van der Waals surface area contributed by atoms with E-state index in [4.69, 9.17) is 0 Å². The van der Waals surface area contributed by atoms with Gasteiger partial charge in [0.05, 0.1) is 10.8 Å². The van der Waals surface area contributed by atoms with Gasteiger partial charge in [-0.25, -0.2) is 4.79 Å². The van der Waals surface area contributed by atoms with Crippen LogP contribution in [0.15, 0.2) is 54.6 Å². The van der Waals surface area contributed by atoms with Crippen molar-refractivity contribution in [3.63, 3.8) is 0 Å². The Labute approximate surface area is 174 Å². The van der Waals surface area contributed by atoms with Gasteiger partial charge in [-0.15, -0.1) is 0 Å². The van der Waals surface area contributed by atoms with Crippen LogP contribution in [0, 0.1) is 16.0 Å². The molecule has 3 amide bonds. The second kappa shape index (κ2) is 10.2. The van der Waals surface area contributed by atoms with Gasteiger partial charge in [0.1, 0.15) is 5.69 Å². The lowest BCUT2D eigenvalue weighted by Gasteiger charge is -2.32. The quantitative estimate of drug-likeness (QED) is 0.368. The molecule has 0 spiro atoms. The van der Waals surface area contributed by atoms with E-state index in [9.17, 15) is 19.7 Å². The van der Waals surface area contributed by atoms with Crippen LogP contribution in [0.5, 0.6) is 0 Å². The van der Waals surface area contributed by atoms with Crippen LogP contribution in [-0.4, -0.2) is 47.9 Å². The summed E-state index contributed by atoms with van der Waals surface area (Å²) in [5, 5.41) is 19.7. The molecule has 1 heterocycles. The van der Waals surface area contributed by atoms with Crippen LogP contribution in [0.3, 0.4) is 0 Å². The number of nitrogens with zero attached hydrogens (tertiary/aromatic N) is 2. The fourth-order valence-corrected chi connectivity index (χ4v) is 3.41. The van der Waals surface area contributed by atoms with Crippen molar-refractivity contribution in [1.29, 1.82) is 0 Å². The highest BCUT2D eigenvalue weighted by molar-refractivity contribution is 5.90. The van der Waals surface area contributed by atoms with Crippen molar-refractivity contribution in [3.05, 3.63) is 64.7 Å². The van der Waals surface area contributed by atoms with E-state index in [1.54, 1.807) is 23.1 Å². The number of para-hydroxylation sites is 3. The highest BCUT2D eigenvalue weighted by Crippen LogP contribution is 2.22. The van der Waals surface area contributed by atoms with Crippen LogP contribution in [0.2, 0.25) is 0 Å². The molecule has 0 radical (unpaired) electrons. The van der Waals surface area contributed by atoms with Gasteiger partial charge in [-0.2, -0.15) is 0 Å². The molecule has 0 bridgehead atoms. The average Bonchev–Trinajstić information content (AvgIpc) is 2.77. The number of benzene rings is 2. The number of likely N-dealkylation sites (tertiary alicyclic amines) is 1. The van der Waals surface area contributed by atoms with Crippen LogP contribution in [0.4, 0.5) is 21.9 Å². The van der Waals surface area contributed by atoms with Gasteiger partial charge in [0.15, 0.2) is 0 Å². The van der Waals surface area contributed by atoms with E-state index >= 15 is 0 Å². The van der Waals surface area contributed by atoms with Crippen LogP contribution in [-0.2, 0) is 4.79 Å². The summed E-state index contributed by atoms with van der Waals surface area (Å²) in [7, 11) is 0. The standard InChI is InChI=1S/C21H25N5O4/c27-20(23-13-12-22-18-10-4-5-11-19(18)26(29)30)16-7-6-14-25(15-16)21(28)24-17-8-2-1-3-9-17/h1-5,8-11,16,22H,6-7,12-15H2,(H,23,27)(H,24,28). The molecule has 1 atom stereocenters. The monoisotopic (exact) mass is 411 g/mol. The fourth-order valence-electron chi connectivity index (χ4n) is 3.41. The van der Waals surface area contributed by atoms with Gasteiger partial charge in [-0.1, -0.05) is 30.3 Å². The Bertz CT molecular complexity index is 890. The molecule has 3 rings (SSSR count). The molecule has 1 unspecified atom stereocenters. The molecule has 9 heteroatoms. The second-order valence-electron chi connectivity index (χ2n) is 7.07. The fraction of sp³-hybridized carbons (Fsp3) is 0.333. The number of urea groups is 1. The summed E-state index contributed by atoms with van der Waals surface area (Å²) in [5.41, 5.74) is 1.13. The Morgan fingerprint density at radius 1 is 1.07 bits per heavy atom. The van der Waals surface area contributed by atoms with Crippen molar-refractivity contribution in [2.75, 3.05) is 36.8 Å². The predicted octanol–water partition coefficient (Wildman–Crippen LogP) is 3.07. The molecular formula is C21H25N5O4. The molecule has 3 N–H and O–H groups in total. The highest BCUT2D eigenvalue weighted by Gasteiger charge is 2.28. The summed E-state index contributed by atoms with van der Waals surface area (Å²) in [4.78, 5) is 37.2. The van der Waals surface area contributed by atoms with E-state index in [-0.39, 0.29) is 23.5 Å². The zero-order valence-corrected chi connectivity index (χ0v) is 16.5. The van der Waals surface area contributed by atoms with Gasteiger partial charge in [0.25, 0.3) is 5.69 Å². The third-order valence-electron chi connectivity index (χ3n) is 4.94. The zero-order valence-electron chi connectivity index (χ0n) is 16.5.